The normalized spacial score (nSPS) is 19.1. The summed E-state index contributed by atoms with van der Waals surface area (Å²) in [6.45, 7) is 11.9. The molecule has 2 aliphatic heterocycles. The minimum atomic E-state index is 0.525. The summed E-state index contributed by atoms with van der Waals surface area (Å²) in [7, 11) is 2.06. The van der Waals surface area contributed by atoms with Crippen molar-refractivity contribution in [3.05, 3.63) is 94.5 Å². The lowest BCUT2D eigenvalue weighted by Gasteiger charge is -2.31. The summed E-state index contributed by atoms with van der Waals surface area (Å²) in [5, 5.41) is 10.5. The molecule has 3 heteroatoms. The van der Waals surface area contributed by atoms with Gasteiger partial charge in [-0.05, 0) is 98.4 Å². The molecule has 0 spiro atoms. The van der Waals surface area contributed by atoms with Gasteiger partial charge in [-0.25, -0.2) is 0 Å². The number of hydrogen-bond donors (Lipinski definition) is 3. The van der Waals surface area contributed by atoms with Crippen LogP contribution in [-0.4, -0.2) is 19.6 Å². The molecule has 0 aliphatic carbocycles. The largest absolute Gasteiger partial charge is 0.385 e. The molecule has 3 atom stereocenters. The van der Waals surface area contributed by atoms with Crippen molar-refractivity contribution < 1.29 is 0 Å². The van der Waals surface area contributed by atoms with Gasteiger partial charge in [0.05, 0.1) is 0 Å². The summed E-state index contributed by atoms with van der Waals surface area (Å²) >= 11 is 0. The molecule has 0 fully saturated rings. The van der Waals surface area contributed by atoms with Gasteiger partial charge in [0.1, 0.15) is 0 Å². The SMILES string of the molecule is CC.CCC1CC(C)Nc2ccc(Cc3ccccc3)cc21.CCCCCc1ccc2c(c1)C(NC)CCN2. The van der Waals surface area contributed by atoms with E-state index < -0.39 is 0 Å². The van der Waals surface area contributed by atoms with Crippen molar-refractivity contribution in [3.8, 4) is 0 Å². The zero-order valence-electron chi connectivity index (χ0n) is 25.4. The van der Waals surface area contributed by atoms with Crippen molar-refractivity contribution in [2.24, 2.45) is 0 Å². The summed E-state index contributed by atoms with van der Waals surface area (Å²) < 4.78 is 0. The Morgan fingerprint density at radius 3 is 2.26 bits per heavy atom. The number of aryl methyl sites for hydroxylation is 1. The molecule has 39 heavy (non-hydrogen) atoms. The number of nitrogens with one attached hydrogen (secondary N) is 3. The van der Waals surface area contributed by atoms with Crippen molar-refractivity contribution in [1.82, 2.24) is 5.32 Å². The number of anilines is 2. The van der Waals surface area contributed by atoms with E-state index >= 15 is 0 Å². The van der Waals surface area contributed by atoms with Gasteiger partial charge in [0.15, 0.2) is 0 Å². The molecule has 3 nitrogen and oxygen atoms in total. The number of benzene rings is 3. The molecule has 0 saturated heterocycles. The van der Waals surface area contributed by atoms with Crippen molar-refractivity contribution in [2.75, 3.05) is 24.2 Å². The Hall–Kier alpha value is -2.78. The van der Waals surface area contributed by atoms with Gasteiger partial charge in [0, 0.05) is 30.0 Å². The molecular formula is C36H53N3. The van der Waals surface area contributed by atoms with E-state index in [2.05, 4.69) is 110 Å². The van der Waals surface area contributed by atoms with Gasteiger partial charge in [0.25, 0.3) is 0 Å². The second-order valence-electron chi connectivity index (χ2n) is 10.9. The van der Waals surface area contributed by atoms with Gasteiger partial charge in [-0.15, -0.1) is 0 Å². The minimum absolute atomic E-state index is 0.525. The third-order valence-corrected chi connectivity index (χ3v) is 8.00. The van der Waals surface area contributed by atoms with Crippen LogP contribution in [-0.2, 0) is 12.8 Å². The summed E-state index contributed by atoms with van der Waals surface area (Å²) in [6.07, 6.45) is 9.86. The third kappa shape index (κ3) is 8.86. The minimum Gasteiger partial charge on any atom is -0.385 e. The first-order valence-corrected chi connectivity index (χ1v) is 15.6. The van der Waals surface area contributed by atoms with Crippen molar-refractivity contribution in [3.63, 3.8) is 0 Å². The molecule has 3 unspecified atom stereocenters. The molecule has 0 amide bonds. The van der Waals surface area contributed by atoms with E-state index in [9.17, 15) is 0 Å². The Bertz CT molecular complexity index is 1110. The fourth-order valence-electron chi connectivity index (χ4n) is 5.89. The molecule has 212 valence electrons. The van der Waals surface area contributed by atoms with Gasteiger partial charge < -0.3 is 16.0 Å². The van der Waals surface area contributed by atoms with Gasteiger partial charge >= 0.3 is 0 Å². The smallest absolute Gasteiger partial charge is 0.0388 e. The first kappa shape index (κ1) is 30.8. The maximum absolute atomic E-state index is 3.62. The number of rotatable bonds is 8. The predicted octanol–water partition coefficient (Wildman–Crippen LogP) is 9.50. The highest BCUT2D eigenvalue weighted by Gasteiger charge is 2.23. The van der Waals surface area contributed by atoms with Crippen LogP contribution in [0.25, 0.3) is 0 Å². The zero-order chi connectivity index (χ0) is 28.0. The predicted molar refractivity (Wildman–Crippen MR) is 172 cm³/mol. The fraction of sp³-hybridized carbons (Fsp3) is 0.500. The lowest BCUT2D eigenvalue weighted by molar-refractivity contribution is 0.540. The molecule has 3 aromatic rings. The molecule has 0 saturated carbocycles. The first-order valence-electron chi connectivity index (χ1n) is 15.6. The Balaban J connectivity index is 0.000000205. The van der Waals surface area contributed by atoms with Crippen molar-refractivity contribution >= 4 is 11.4 Å². The van der Waals surface area contributed by atoms with Gasteiger partial charge in [-0.1, -0.05) is 95.1 Å². The average Bonchev–Trinajstić information content (AvgIpc) is 2.98. The molecule has 0 bridgehead atoms. The van der Waals surface area contributed by atoms with Crippen LogP contribution < -0.4 is 16.0 Å². The van der Waals surface area contributed by atoms with Crippen LogP contribution in [0, 0.1) is 0 Å². The molecule has 5 rings (SSSR count). The highest BCUT2D eigenvalue weighted by Crippen LogP contribution is 2.37. The van der Waals surface area contributed by atoms with Crippen LogP contribution in [0.1, 0.15) is 113 Å². The summed E-state index contributed by atoms with van der Waals surface area (Å²) in [6, 6.07) is 25.7. The van der Waals surface area contributed by atoms with E-state index in [1.165, 1.54) is 84.1 Å². The lowest BCUT2D eigenvalue weighted by Crippen LogP contribution is -2.25. The first-order chi connectivity index (χ1) is 19.1. The number of hydrogen-bond acceptors (Lipinski definition) is 3. The highest BCUT2D eigenvalue weighted by molar-refractivity contribution is 5.58. The maximum Gasteiger partial charge on any atom is 0.0388 e. The van der Waals surface area contributed by atoms with E-state index in [1.54, 1.807) is 0 Å². The topological polar surface area (TPSA) is 36.1 Å². The van der Waals surface area contributed by atoms with E-state index in [1.807, 2.05) is 13.8 Å². The standard InChI is InChI=1S/C19H23N.C15H24N2.C2H6/c1-3-17-11-14(2)20-19-10-9-16(13-18(17)19)12-15-7-5-4-6-8-15;1-3-4-5-6-12-7-8-15-13(11-12)14(16-2)9-10-17-15;1-2/h4-10,13-14,17,20H,3,11-12H2,1-2H3;7-8,11,14,16-17H,3-6,9-10H2,1-2H3;1-2H3. The fourth-order valence-corrected chi connectivity index (χ4v) is 5.89. The van der Waals surface area contributed by atoms with Gasteiger partial charge in [0.2, 0.25) is 0 Å². The summed E-state index contributed by atoms with van der Waals surface area (Å²) in [5.74, 6) is 0.706. The summed E-state index contributed by atoms with van der Waals surface area (Å²) in [5.41, 5.74) is 9.91. The van der Waals surface area contributed by atoms with E-state index in [0.717, 1.165) is 13.0 Å². The number of unbranched alkanes of at least 4 members (excludes halogenated alkanes) is 2. The Kier molecular flexibility index (Phi) is 12.9. The average molecular weight is 528 g/mol. The van der Waals surface area contributed by atoms with Crippen molar-refractivity contribution in [2.45, 2.75) is 104 Å². The Morgan fingerprint density at radius 2 is 1.54 bits per heavy atom. The van der Waals surface area contributed by atoms with E-state index in [-0.39, 0.29) is 0 Å². The molecule has 3 N–H and O–H groups in total. The van der Waals surface area contributed by atoms with Crippen LogP contribution in [0.5, 0.6) is 0 Å². The van der Waals surface area contributed by atoms with Crippen LogP contribution in [0.15, 0.2) is 66.7 Å². The highest BCUT2D eigenvalue weighted by atomic mass is 15.0. The number of fused-ring (bicyclic) bond motifs is 2. The Morgan fingerprint density at radius 1 is 0.821 bits per heavy atom. The lowest BCUT2D eigenvalue weighted by atomic mass is 9.84. The Labute approximate surface area is 239 Å². The van der Waals surface area contributed by atoms with Crippen LogP contribution in [0.3, 0.4) is 0 Å². The zero-order valence-corrected chi connectivity index (χ0v) is 25.4. The van der Waals surface area contributed by atoms with Crippen LogP contribution >= 0.6 is 0 Å². The summed E-state index contributed by atoms with van der Waals surface area (Å²) in [4.78, 5) is 0. The maximum atomic E-state index is 3.62. The monoisotopic (exact) mass is 527 g/mol. The molecule has 3 aromatic carbocycles. The van der Waals surface area contributed by atoms with Crippen LogP contribution in [0.4, 0.5) is 11.4 Å². The second-order valence-corrected chi connectivity index (χ2v) is 10.9. The van der Waals surface area contributed by atoms with Gasteiger partial charge in [-0.2, -0.15) is 0 Å². The van der Waals surface area contributed by atoms with Crippen molar-refractivity contribution in [1.29, 1.82) is 0 Å². The molecule has 2 aliphatic rings. The molecule has 2 heterocycles. The second kappa shape index (κ2) is 16.4. The van der Waals surface area contributed by atoms with Crippen LogP contribution in [0.2, 0.25) is 0 Å². The van der Waals surface area contributed by atoms with Gasteiger partial charge in [-0.3, -0.25) is 0 Å². The molecule has 0 aromatic heterocycles. The molecular weight excluding hydrogens is 474 g/mol. The molecule has 0 radical (unpaired) electrons. The third-order valence-electron chi connectivity index (χ3n) is 8.00. The quantitative estimate of drug-likeness (QED) is 0.255. The van der Waals surface area contributed by atoms with E-state index in [0.29, 0.717) is 18.0 Å². The van der Waals surface area contributed by atoms with E-state index in [4.69, 9.17) is 0 Å².